The molecule has 0 spiro atoms. The number of hydrogen-bond donors (Lipinski definition) is 1. The van der Waals surface area contributed by atoms with E-state index >= 15 is 0 Å². The van der Waals surface area contributed by atoms with Crippen LogP contribution in [-0.4, -0.2) is 37.5 Å². The zero-order valence-electron chi connectivity index (χ0n) is 13.8. The molecule has 1 unspecified atom stereocenters. The van der Waals surface area contributed by atoms with Crippen molar-refractivity contribution in [3.63, 3.8) is 0 Å². The number of likely N-dealkylation sites (tertiary alicyclic amines) is 1. The van der Waals surface area contributed by atoms with E-state index in [2.05, 4.69) is 36.5 Å². The normalized spacial score (nSPS) is 17.4. The minimum Gasteiger partial charge on any atom is -0.342 e. The molecule has 1 aromatic carbocycles. The third-order valence-corrected chi connectivity index (χ3v) is 4.33. The van der Waals surface area contributed by atoms with Crippen LogP contribution in [0.5, 0.6) is 0 Å². The van der Waals surface area contributed by atoms with Gasteiger partial charge in [-0.25, -0.2) is 0 Å². The second-order valence-electron chi connectivity index (χ2n) is 6.15. The van der Waals surface area contributed by atoms with Crippen LogP contribution in [0.2, 0.25) is 0 Å². The van der Waals surface area contributed by atoms with Crippen LogP contribution in [0, 0.1) is 5.92 Å². The van der Waals surface area contributed by atoms with E-state index < -0.39 is 0 Å². The molecule has 2 rings (SSSR count). The predicted molar refractivity (Wildman–Crippen MR) is 94.6 cm³/mol. The number of nitrogens with one attached hydrogen (secondary N) is 1. The van der Waals surface area contributed by atoms with Crippen LogP contribution >= 0.6 is 12.4 Å². The molecular weight excluding hydrogens is 296 g/mol. The lowest BCUT2D eigenvalue weighted by Gasteiger charge is -2.16. The Balaban J connectivity index is 0.00000242. The van der Waals surface area contributed by atoms with E-state index in [0.717, 1.165) is 38.0 Å². The van der Waals surface area contributed by atoms with Gasteiger partial charge in [0.25, 0.3) is 0 Å². The third-order valence-electron chi connectivity index (χ3n) is 4.33. The van der Waals surface area contributed by atoms with Crippen molar-refractivity contribution in [1.29, 1.82) is 0 Å². The maximum absolute atomic E-state index is 12.3. The van der Waals surface area contributed by atoms with E-state index in [0.29, 0.717) is 12.3 Å². The Morgan fingerprint density at radius 1 is 1.27 bits per heavy atom. The lowest BCUT2D eigenvalue weighted by molar-refractivity contribution is -0.129. The number of carbonyl (C=O) groups excluding carboxylic acids is 1. The van der Waals surface area contributed by atoms with Crippen molar-refractivity contribution in [2.45, 2.75) is 39.0 Å². The maximum Gasteiger partial charge on any atom is 0.226 e. The lowest BCUT2D eigenvalue weighted by Crippen LogP contribution is -2.31. The van der Waals surface area contributed by atoms with Crippen molar-refractivity contribution in [2.75, 3.05) is 26.7 Å². The van der Waals surface area contributed by atoms with Crippen molar-refractivity contribution in [2.24, 2.45) is 5.92 Å². The summed E-state index contributed by atoms with van der Waals surface area (Å²) in [5, 5.41) is 3.20. The third kappa shape index (κ3) is 5.62. The number of unbranched alkanes of at least 4 members (excludes halogenated alkanes) is 1. The minimum atomic E-state index is 0. The van der Waals surface area contributed by atoms with Crippen LogP contribution in [0.1, 0.15) is 37.3 Å². The highest BCUT2D eigenvalue weighted by atomic mass is 35.5. The van der Waals surface area contributed by atoms with Gasteiger partial charge in [-0.15, -0.1) is 12.4 Å². The van der Waals surface area contributed by atoms with Crippen molar-refractivity contribution in [1.82, 2.24) is 10.2 Å². The van der Waals surface area contributed by atoms with Crippen molar-refractivity contribution < 1.29 is 4.79 Å². The molecule has 1 N–H and O–H groups in total. The zero-order chi connectivity index (χ0) is 15.1. The summed E-state index contributed by atoms with van der Waals surface area (Å²) in [7, 11) is 1.98. The summed E-state index contributed by atoms with van der Waals surface area (Å²) in [5.74, 6) is 0.894. The topological polar surface area (TPSA) is 32.3 Å². The van der Waals surface area contributed by atoms with E-state index in [-0.39, 0.29) is 18.3 Å². The smallest absolute Gasteiger partial charge is 0.226 e. The molecule has 0 aliphatic carbocycles. The quantitative estimate of drug-likeness (QED) is 0.836. The Hall–Kier alpha value is -1.06. The van der Waals surface area contributed by atoms with Gasteiger partial charge in [0, 0.05) is 13.1 Å². The van der Waals surface area contributed by atoms with Gasteiger partial charge in [0.05, 0.1) is 6.42 Å². The Kier molecular flexibility index (Phi) is 8.51. The number of rotatable bonds is 7. The van der Waals surface area contributed by atoms with Crippen LogP contribution in [-0.2, 0) is 17.6 Å². The van der Waals surface area contributed by atoms with Gasteiger partial charge in [-0.1, -0.05) is 37.6 Å². The molecule has 124 valence electrons. The van der Waals surface area contributed by atoms with Gasteiger partial charge < -0.3 is 10.2 Å². The fourth-order valence-corrected chi connectivity index (χ4v) is 3.01. The number of amides is 1. The van der Waals surface area contributed by atoms with Gasteiger partial charge in [-0.3, -0.25) is 4.79 Å². The summed E-state index contributed by atoms with van der Waals surface area (Å²) in [6, 6.07) is 8.58. The SMILES string of the molecule is CCCCc1ccc(CC(=O)N2CCC(CNC)C2)cc1.Cl. The maximum atomic E-state index is 12.3. The first-order valence-corrected chi connectivity index (χ1v) is 8.23. The van der Waals surface area contributed by atoms with Crippen LogP contribution in [0.4, 0.5) is 0 Å². The van der Waals surface area contributed by atoms with Crippen LogP contribution in [0.25, 0.3) is 0 Å². The largest absolute Gasteiger partial charge is 0.342 e. The molecule has 1 amide bonds. The first-order valence-electron chi connectivity index (χ1n) is 8.23. The molecule has 1 fully saturated rings. The highest BCUT2D eigenvalue weighted by molar-refractivity contribution is 5.85. The monoisotopic (exact) mass is 324 g/mol. The van der Waals surface area contributed by atoms with Crippen molar-refractivity contribution in [3.05, 3.63) is 35.4 Å². The number of hydrogen-bond acceptors (Lipinski definition) is 2. The van der Waals surface area contributed by atoms with Gasteiger partial charge in [-0.05, 0) is 49.9 Å². The fraction of sp³-hybridized carbons (Fsp3) is 0.611. The first-order chi connectivity index (χ1) is 10.2. The molecule has 1 aliphatic rings. The lowest BCUT2D eigenvalue weighted by atomic mass is 10.0. The highest BCUT2D eigenvalue weighted by Crippen LogP contribution is 2.17. The van der Waals surface area contributed by atoms with Crippen molar-refractivity contribution in [3.8, 4) is 0 Å². The average Bonchev–Trinajstić information content (AvgIpc) is 2.96. The summed E-state index contributed by atoms with van der Waals surface area (Å²) in [6.45, 7) is 5.05. The molecule has 4 heteroatoms. The molecule has 1 atom stereocenters. The predicted octanol–water partition coefficient (Wildman–Crippen LogP) is 3.06. The molecule has 0 bridgehead atoms. The number of carbonyl (C=O) groups is 1. The van der Waals surface area contributed by atoms with E-state index in [1.54, 1.807) is 0 Å². The molecule has 1 aliphatic heterocycles. The molecule has 22 heavy (non-hydrogen) atoms. The molecule has 1 saturated heterocycles. The highest BCUT2D eigenvalue weighted by Gasteiger charge is 2.25. The number of halogens is 1. The zero-order valence-corrected chi connectivity index (χ0v) is 14.6. The van der Waals surface area contributed by atoms with E-state index in [1.165, 1.54) is 18.4 Å². The summed E-state index contributed by atoms with van der Waals surface area (Å²) >= 11 is 0. The summed E-state index contributed by atoms with van der Waals surface area (Å²) in [4.78, 5) is 14.3. The van der Waals surface area contributed by atoms with E-state index in [9.17, 15) is 4.79 Å². The number of nitrogens with zero attached hydrogens (tertiary/aromatic N) is 1. The standard InChI is InChI=1S/C18H28N2O.ClH/c1-3-4-5-15-6-8-16(9-7-15)12-18(21)20-11-10-17(14-20)13-19-2;/h6-9,17,19H,3-5,10-14H2,1-2H3;1H. The molecule has 1 heterocycles. The molecular formula is C18H29ClN2O. The Bertz CT molecular complexity index is 447. The molecule has 3 nitrogen and oxygen atoms in total. The van der Waals surface area contributed by atoms with Crippen LogP contribution in [0.3, 0.4) is 0 Å². The summed E-state index contributed by atoms with van der Waals surface area (Å²) < 4.78 is 0. The summed E-state index contributed by atoms with van der Waals surface area (Å²) in [6.07, 6.45) is 5.27. The average molecular weight is 325 g/mol. The van der Waals surface area contributed by atoms with Crippen molar-refractivity contribution >= 4 is 18.3 Å². The number of benzene rings is 1. The van der Waals surface area contributed by atoms with Crippen LogP contribution < -0.4 is 5.32 Å². The fourth-order valence-electron chi connectivity index (χ4n) is 3.01. The van der Waals surface area contributed by atoms with E-state index in [4.69, 9.17) is 0 Å². The Labute approximate surface area is 140 Å². The Morgan fingerprint density at radius 3 is 2.59 bits per heavy atom. The molecule has 0 radical (unpaired) electrons. The van der Waals surface area contributed by atoms with Gasteiger partial charge >= 0.3 is 0 Å². The van der Waals surface area contributed by atoms with Gasteiger partial charge in [0.2, 0.25) is 5.91 Å². The van der Waals surface area contributed by atoms with Gasteiger partial charge in [0.15, 0.2) is 0 Å². The van der Waals surface area contributed by atoms with Gasteiger partial charge in [-0.2, -0.15) is 0 Å². The second kappa shape index (κ2) is 9.86. The minimum absolute atomic E-state index is 0. The number of aryl methyl sites for hydroxylation is 1. The van der Waals surface area contributed by atoms with E-state index in [1.807, 2.05) is 11.9 Å². The molecule has 1 aromatic rings. The first kappa shape index (κ1) is 19.0. The Morgan fingerprint density at radius 2 is 1.95 bits per heavy atom. The summed E-state index contributed by atoms with van der Waals surface area (Å²) in [5.41, 5.74) is 2.51. The van der Waals surface area contributed by atoms with Gasteiger partial charge in [0.1, 0.15) is 0 Å². The second-order valence-corrected chi connectivity index (χ2v) is 6.15. The van der Waals surface area contributed by atoms with Crippen LogP contribution in [0.15, 0.2) is 24.3 Å². The molecule has 0 saturated carbocycles. The molecule has 0 aromatic heterocycles.